The molecule has 11 rings (SSSR count). The zero-order valence-corrected chi connectivity index (χ0v) is 26.7. The maximum Gasteiger partial charge on any atom is 0.159 e. The average molecular weight is 615 g/mol. The van der Waals surface area contributed by atoms with E-state index in [9.17, 15) is 0 Å². The van der Waals surface area contributed by atoms with E-state index in [4.69, 9.17) is 4.42 Å². The predicted octanol–water partition coefficient (Wildman–Crippen LogP) is 12.1. The first kappa shape index (κ1) is 26.1. The third kappa shape index (κ3) is 3.18. The molecule has 7 aromatic carbocycles. The molecule has 48 heavy (non-hydrogen) atoms. The van der Waals surface area contributed by atoms with Crippen molar-refractivity contribution < 1.29 is 4.42 Å². The fraction of sp³-hybridized carbons (Fsp3) is 0.0667. The topological polar surface area (TPSA) is 23.0 Å². The van der Waals surface area contributed by atoms with E-state index in [1.165, 1.54) is 60.5 Å². The van der Waals surface area contributed by atoms with Crippen LogP contribution in [0.4, 0.5) is 0 Å². The standard InChI is InChI=1S/C45H30N2O/c1-45(2)35-17-7-3-12-28(35)29-23-22-27(26-36(29)45)46-37-18-8-4-13-30(37)32-24-25-39-42(43(32)46)34-15-5-9-19-38(34)47(39)40-20-11-16-33-31-14-6-10-21-41(31)48-44(33)40/h3-26H,1-2H3. The monoisotopic (exact) mass is 614 g/mol. The highest BCUT2D eigenvalue weighted by Crippen LogP contribution is 2.50. The van der Waals surface area contributed by atoms with E-state index >= 15 is 0 Å². The Kier molecular flexibility index (Phi) is 4.91. The first-order valence-corrected chi connectivity index (χ1v) is 16.7. The fourth-order valence-corrected chi connectivity index (χ4v) is 8.78. The third-order valence-electron chi connectivity index (χ3n) is 10.9. The van der Waals surface area contributed by atoms with Gasteiger partial charge in [-0.05, 0) is 64.7 Å². The van der Waals surface area contributed by atoms with Crippen LogP contribution in [-0.2, 0) is 5.41 Å². The van der Waals surface area contributed by atoms with Crippen LogP contribution in [0.3, 0.4) is 0 Å². The summed E-state index contributed by atoms with van der Waals surface area (Å²) in [6, 6.07) is 53.1. The number of aromatic nitrogens is 2. The number of rotatable bonds is 2. The molecule has 0 unspecified atom stereocenters. The second kappa shape index (κ2) is 9.05. The normalized spacial score (nSPS) is 13.8. The summed E-state index contributed by atoms with van der Waals surface area (Å²) in [5.74, 6) is 0. The number of hydrogen-bond acceptors (Lipinski definition) is 1. The minimum Gasteiger partial charge on any atom is -0.454 e. The SMILES string of the molecule is CC1(C)c2ccccc2-c2ccc(-n3c4ccccc4c4ccc5c(c6ccccc6n5-c5cccc6c5oc5ccccc56)c43)cc21. The first-order valence-electron chi connectivity index (χ1n) is 16.7. The molecule has 0 saturated carbocycles. The van der Waals surface area contributed by atoms with Crippen LogP contribution in [0.25, 0.3) is 88.1 Å². The van der Waals surface area contributed by atoms with Crippen LogP contribution in [0.5, 0.6) is 0 Å². The van der Waals surface area contributed by atoms with Crippen LogP contribution in [-0.4, -0.2) is 9.13 Å². The van der Waals surface area contributed by atoms with Crippen LogP contribution in [0.1, 0.15) is 25.0 Å². The molecule has 10 aromatic rings. The van der Waals surface area contributed by atoms with Gasteiger partial charge in [-0.15, -0.1) is 0 Å². The number of nitrogens with zero attached hydrogens (tertiary/aromatic N) is 2. The molecule has 3 nitrogen and oxygen atoms in total. The Labute approximate surface area is 276 Å². The highest BCUT2D eigenvalue weighted by atomic mass is 16.3. The van der Waals surface area contributed by atoms with Gasteiger partial charge in [-0.3, -0.25) is 0 Å². The molecule has 1 aliphatic rings. The van der Waals surface area contributed by atoms with Crippen molar-refractivity contribution >= 4 is 65.6 Å². The van der Waals surface area contributed by atoms with Gasteiger partial charge in [-0.1, -0.05) is 117 Å². The second-order valence-electron chi connectivity index (χ2n) is 13.7. The van der Waals surface area contributed by atoms with Crippen LogP contribution in [0, 0.1) is 0 Å². The molecule has 3 aromatic heterocycles. The van der Waals surface area contributed by atoms with Crippen molar-refractivity contribution in [3.05, 3.63) is 157 Å². The lowest BCUT2D eigenvalue weighted by Gasteiger charge is -2.22. The van der Waals surface area contributed by atoms with Gasteiger partial charge in [0.1, 0.15) is 5.58 Å². The lowest BCUT2D eigenvalue weighted by atomic mass is 9.82. The van der Waals surface area contributed by atoms with Crippen molar-refractivity contribution in [3.8, 4) is 22.5 Å². The Morgan fingerprint density at radius 2 is 1.17 bits per heavy atom. The molecule has 0 atom stereocenters. The third-order valence-corrected chi connectivity index (χ3v) is 10.9. The smallest absolute Gasteiger partial charge is 0.159 e. The average Bonchev–Trinajstić information content (AvgIpc) is 3.84. The number of benzene rings is 7. The molecule has 0 N–H and O–H groups in total. The lowest BCUT2D eigenvalue weighted by Crippen LogP contribution is -2.15. The maximum absolute atomic E-state index is 6.60. The van der Waals surface area contributed by atoms with Crippen LogP contribution < -0.4 is 0 Å². The summed E-state index contributed by atoms with van der Waals surface area (Å²) in [6.07, 6.45) is 0. The van der Waals surface area contributed by atoms with Crippen molar-refractivity contribution in [1.29, 1.82) is 0 Å². The zero-order chi connectivity index (χ0) is 31.7. The zero-order valence-electron chi connectivity index (χ0n) is 26.7. The first-order chi connectivity index (χ1) is 23.6. The van der Waals surface area contributed by atoms with Gasteiger partial charge in [-0.25, -0.2) is 0 Å². The van der Waals surface area contributed by atoms with E-state index in [-0.39, 0.29) is 5.41 Å². The summed E-state index contributed by atoms with van der Waals surface area (Å²) >= 11 is 0. The van der Waals surface area contributed by atoms with E-state index in [1.807, 2.05) is 6.07 Å². The molecule has 0 aliphatic heterocycles. The summed E-state index contributed by atoms with van der Waals surface area (Å²) in [5.41, 5.74) is 14.2. The Hall–Kier alpha value is -6.06. The molecule has 1 aliphatic carbocycles. The van der Waals surface area contributed by atoms with Crippen molar-refractivity contribution in [1.82, 2.24) is 9.13 Å². The van der Waals surface area contributed by atoms with Gasteiger partial charge in [0.2, 0.25) is 0 Å². The number of fused-ring (bicyclic) bond motifs is 13. The molecule has 226 valence electrons. The highest BCUT2D eigenvalue weighted by Gasteiger charge is 2.35. The van der Waals surface area contributed by atoms with Gasteiger partial charge < -0.3 is 13.6 Å². The predicted molar refractivity (Wildman–Crippen MR) is 200 cm³/mol. The Morgan fingerprint density at radius 1 is 0.479 bits per heavy atom. The summed E-state index contributed by atoms with van der Waals surface area (Å²) in [4.78, 5) is 0. The lowest BCUT2D eigenvalue weighted by molar-refractivity contribution is 0.660. The Bertz CT molecular complexity index is 2980. The molecular formula is C45H30N2O. The summed E-state index contributed by atoms with van der Waals surface area (Å²) in [5, 5.41) is 7.25. The van der Waals surface area contributed by atoms with Gasteiger partial charge in [0.05, 0.1) is 27.8 Å². The van der Waals surface area contributed by atoms with Crippen LogP contribution in [0.2, 0.25) is 0 Å². The minimum absolute atomic E-state index is 0.0860. The molecule has 0 amide bonds. The fourth-order valence-electron chi connectivity index (χ4n) is 8.78. The Morgan fingerprint density at radius 3 is 2.04 bits per heavy atom. The molecule has 0 fully saturated rings. The summed E-state index contributed by atoms with van der Waals surface area (Å²) in [6.45, 7) is 4.72. The van der Waals surface area contributed by atoms with Crippen molar-refractivity contribution in [2.45, 2.75) is 19.3 Å². The molecular weight excluding hydrogens is 585 g/mol. The number of para-hydroxylation sites is 4. The van der Waals surface area contributed by atoms with Gasteiger partial charge in [0.15, 0.2) is 5.58 Å². The van der Waals surface area contributed by atoms with Crippen molar-refractivity contribution in [3.63, 3.8) is 0 Å². The van der Waals surface area contributed by atoms with E-state index in [0.29, 0.717) is 0 Å². The summed E-state index contributed by atoms with van der Waals surface area (Å²) in [7, 11) is 0. The minimum atomic E-state index is -0.0860. The molecule has 3 heterocycles. The van der Waals surface area contributed by atoms with Crippen LogP contribution in [0.15, 0.2) is 150 Å². The quantitative estimate of drug-likeness (QED) is 0.190. The molecule has 3 heteroatoms. The second-order valence-corrected chi connectivity index (χ2v) is 13.7. The summed E-state index contributed by atoms with van der Waals surface area (Å²) < 4.78 is 11.5. The van der Waals surface area contributed by atoms with Gasteiger partial charge in [0, 0.05) is 43.4 Å². The Balaban J connectivity index is 1.28. The van der Waals surface area contributed by atoms with Gasteiger partial charge in [0.25, 0.3) is 0 Å². The van der Waals surface area contributed by atoms with E-state index in [0.717, 1.165) is 38.7 Å². The van der Waals surface area contributed by atoms with Crippen molar-refractivity contribution in [2.75, 3.05) is 0 Å². The number of hydrogen-bond donors (Lipinski definition) is 0. The van der Waals surface area contributed by atoms with Gasteiger partial charge in [-0.2, -0.15) is 0 Å². The number of furan rings is 1. The largest absolute Gasteiger partial charge is 0.454 e. The molecule has 0 radical (unpaired) electrons. The van der Waals surface area contributed by atoms with E-state index < -0.39 is 0 Å². The van der Waals surface area contributed by atoms with Crippen LogP contribution >= 0.6 is 0 Å². The molecule has 0 spiro atoms. The highest BCUT2D eigenvalue weighted by molar-refractivity contribution is 6.26. The van der Waals surface area contributed by atoms with E-state index in [1.54, 1.807) is 0 Å². The van der Waals surface area contributed by atoms with E-state index in [2.05, 4.69) is 163 Å². The maximum atomic E-state index is 6.60. The van der Waals surface area contributed by atoms with Gasteiger partial charge >= 0.3 is 0 Å². The van der Waals surface area contributed by atoms with Crippen molar-refractivity contribution in [2.24, 2.45) is 0 Å². The molecule has 0 bridgehead atoms. The molecule has 0 saturated heterocycles.